The molecule has 0 bridgehead atoms. The third-order valence-corrected chi connectivity index (χ3v) is 5.14. The van der Waals surface area contributed by atoms with Gasteiger partial charge in [0.1, 0.15) is 0 Å². The zero-order chi connectivity index (χ0) is 18.0. The lowest BCUT2D eigenvalue weighted by atomic mass is 9.96. The molecule has 0 amide bonds. The maximum absolute atomic E-state index is 12.3. The van der Waals surface area contributed by atoms with Crippen LogP contribution < -0.4 is 11.1 Å². The minimum absolute atomic E-state index is 0.0184. The second kappa shape index (κ2) is 7.31. The van der Waals surface area contributed by atoms with Crippen molar-refractivity contribution in [2.24, 2.45) is 13.0 Å². The van der Waals surface area contributed by atoms with Gasteiger partial charge in [0.05, 0.1) is 12.7 Å². The summed E-state index contributed by atoms with van der Waals surface area (Å²) in [7, 11) is 1.72. The van der Waals surface area contributed by atoms with Gasteiger partial charge in [0.15, 0.2) is 0 Å². The van der Waals surface area contributed by atoms with Crippen molar-refractivity contribution in [3.63, 3.8) is 0 Å². The van der Waals surface area contributed by atoms with Crippen LogP contribution in [0, 0.1) is 19.8 Å². The van der Waals surface area contributed by atoms with Gasteiger partial charge in [0, 0.05) is 43.2 Å². The van der Waals surface area contributed by atoms with E-state index in [1.165, 1.54) is 10.9 Å². The van der Waals surface area contributed by atoms with Gasteiger partial charge >= 0.3 is 0 Å². The predicted molar refractivity (Wildman–Crippen MR) is 95.5 cm³/mol. The van der Waals surface area contributed by atoms with E-state index in [0.717, 1.165) is 49.3 Å². The first-order valence-corrected chi connectivity index (χ1v) is 8.70. The summed E-state index contributed by atoms with van der Waals surface area (Å²) in [4.78, 5) is 35.1. The standard InChI is InChI=1S/C18H25N5O2/c1-13-14(2)20-12-23(17(13)24)9-15-4-6-22(7-5-15)10-16-8-19-11-21(3)18(16)25/h8,11-12,15H,4-7,9-10H2,1-3H3. The molecule has 134 valence electrons. The quantitative estimate of drug-likeness (QED) is 0.823. The first-order valence-electron chi connectivity index (χ1n) is 8.70. The SMILES string of the molecule is Cc1ncn(CC2CCN(Cc3cncn(C)c3=O)CC2)c(=O)c1C. The van der Waals surface area contributed by atoms with Crippen molar-refractivity contribution in [2.45, 2.75) is 39.8 Å². The van der Waals surface area contributed by atoms with Gasteiger partial charge in [0.2, 0.25) is 0 Å². The summed E-state index contributed by atoms with van der Waals surface area (Å²) in [6.45, 7) is 6.90. The van der Waals surface area contributed by atoms with Crippen LogP contribution in [-0.2, 0) is 20.1 Å². The van der Waals surface area contributed by atoms with E-state index in [1.807, 2.05) is 13.8 Å². The van der Waals surface area contributed by atoms with Crippen LogP contribution in [0.3, 0.4) is 0 Å². The first kappa shape index (κ1) is 17.5. The Hall–Kier alpha value is -2.28. The molecule has 1 aliphatic rings. The van der Waals surface area contributed by atoms with Crippen LogP contribution in [0.4, 0.5) is 0 Å². The van der Waals surface area contributed by atoms with Crippen molar-refractivity contribution < 1.29 is 0 Å². The topological polar surface area (TPSA) is 73.0 Å². The van der Waals surface area contributed by atoms with Crippen LogP contribution in [0.1, 0.15) is 29.7 Å². The number of aryl methyl sites for hydroxylation is 2. The summed E-state index contributed by atoms with van der Waals surface area (Å²) >= 11 is 0. The van der Waals surface area contributed by atoms with Gasteiger partial charge in [-0.2, -0.15) is 0 Å². The van der Waals surface area contributed by atoms with Gasteiger partial charge in [0.25, 0.3) is 11.1 Å². The minimum Gasteiger partial charge on any atom is -0.302 e. The molecular formula is C18H25N5O2. The Morgan fingerprint density at radius 1 is 1.12 bits per heavy atom. The van der Waals surface area contributed by atoms with Gasteiger partial charge in [-0.3, -0.25) is 19.1 Å². The number of likely N-dealkylation sites (tertiary alicyclic amines) is 1. The molecule has 1 saturated heterocycles. The number of nitrogens with zero attached hydrogens (tertiary/aromatic N) is 5. The number of aromatic nitrogens is 4. The van der Waals surface area contributed by atoms with Crippen LogP contribution in [0.2, 0.25) is 0 Å². The highest BCUT2D eigenvalue weighted by atomic mass is 16.1. The highest BCUT2D eigenvalue weighted by molar-refractivity contribution is 5.12. The molecule has 2 aromatic rings. The number of rotatable bonds is 4. The van der Waals surface area contributed by atoms with Crippen molar-refractivity contribution >= 4 is 0 Å². The van der Waals surface area contributed by atoms with E-state index in [-0.39, 0.29) is 11.1 Å². The van der Waals surface area contributed by atoms with E-state index in [9.17, 15) is 9.59 Å². The summed E-state index contributed by atoms with van der Waals surface area (Å²) in [5.41, 5.74) is 2.35. The van der Waals surface area contributed by atoms with Crippen LogP contribution in [0.15, 0.2) is 28.4 Å². The largest absolute Gasteiger partial charge is 0.302 e. The van der Waals surface area contributed by atoms with Crippen LogP contribution in [0.25, 0.3) is 0 Å². The lowest BCUT2D eigenvalue weighted by Gasteiger charge is -2.32. The number of piperidine rings is 1. The van der Waals surface area contributed by atoms with Gasteiger partial charge in [-0.15, -0.1) is 0 Å². The van der Waals surface area contributed by atoms with Gasteiger partial charge in [-0.1, -0.05) is 0 Å². The van der Waals surface area contributed by atoms with Gasteiger partial charge < -0.3 is 4.57 Å². The molecule has 0 radical (unpaired) electrons. The molecule has 7 nitrogen and oxygen atoms in total. The third kappa shape index (κ3) is 3.87. The Morgan fingerprint density at radius 2 is 1.84 bits per heavy atom. The maximum Gasteiger partial charge on any atom is 0.257 e. The summed E-state index contributed by atoms with van der Waals surface area (Å²) in [6, 6.07) is 0. The fourth-order valence-corrected chi connectivity index (χ4v) is 3.32. The second-order valence-corrected chi connectivity index (χ2v) is 6.97. The average molecular weight is 343 g/mol. The van der Waals surface area contributed by atoms with Crippen molar-refractivity contribution in [2.75, 3.05) is 13.1 Å². The smallest absolute Gasteiger partial charge is 0.257 e. The van der Waals surface area contributed by atoms with Gasteiger partial charge in [-0.05, 0) is 45.7 Å². The van der Waals surface area contributed by atoms with E-state index >= 15 is 0 Å². The minimum atomic E-state index is 0.0184. The molecule has 0 atom stereocenters. The Bertz CT molecular complexity index is 863. The normalized spacial score (nSPS) is 16.3. The molecule has 3 heterocycles. The maximum atomic E-state index is 12.3. The molecule has 0 aliphatic carbocycles. The third-order valence-electron chi connectivity index (χ3n) is 5.14. The molecule has 1 aliphatic heterocycles. The van der Waals surface area contributed by atoms with Crippen molar-refractivity contribution in [3.8, 4) is 0 Å². The molecule has 0 N–H and O–H groups in total. The van der Waals surface area contributed by atoms with Crippen molar-refractivity contribution in [1.29, 1.82) is 0 Å². The van der Waals surface area contributed by atoms with E-state index in [0.29, 0.717) is 12.5 Å². The Kier molecular flexibility index (Phi) is 5.13. The fraction of sp³-hybridized carbons (Fsp3) is 0.556. The number of hydrogen-bond donors (Lipinski definition) is 0. The lowest BCUT2D eigenvalue weighted by Crippen LogP contribution is -2.38. The summed E-state index contributed by atoms with van der Waals surface area (Å²) in [5, 5.41) is 0. The van der Waals surface area contributed by atoms with Crippen molar-refractivity contribution in [1.82, 2.24) is 24.0 Å². The summed E-state index contributed by atoms with van der Waals surface area (Å²) in [5.74, 6) is 0.467. The monoisotopic (exact) mass is 343 g/mol. The molecule has 2 aromatic heterocycles. The molecule has 0 spiro atoms. The lowest BCUT2D eigenvalue weighted by molar-refractivity contribution is 0.165. The molecular weight excluding hydrogens is 318 g/mol. The first-order chi connectivity index (χ1) is 12.0. The van der Waals surface area contributed by atoms with Crippen LogP contribution >= 0.6 is 0 Å². The molecule has 0 unspecified atom stereocenters. The zero-order valence-electron chi connectivity index (χ0n) is 15.1. The molecule has 7 heteroatoms. The fourth-order valence-electron chi connectivity index (χ4n) is 3.32. The molecule has 0 saturated carbocycles. The molecule has 1 fully saturated rings. The summed E-state index contributed by atoms with van der Waals surface area (Å²) < 4.78 is 3.25. The van der Waals surface area contributed by atoms with E-state index < -0.39 is 0 Å². The van der Waals surface area contributed by atoms with E-state index in [4.69, 9.17) is 0 Å². The Morgan fingerprint density at radius 3 is 2.56 bits per heavy atom. The average Bonchev–Trinajstić information content (AvgIpc) is 2.61. The zero-order valence-corrected chi connectivity index (χ0v) is 15.1. The highest BCUT2D eigenvalue weighted by Gasteiger charge is 2.21. The predicted octanol–water partition coefficient (Wildman–Crippen LogP) is 0.866. The van der Waals surface area contributed by atoms with Gasteiger partial charge in [-0.25, -0.2) is 9.97 Å². The van der Waals surface area contributed by atoms with Crippen molar-refractivity contribution in [3.05, 3.63) is 56.4 Å². The second-order valence-electron chi connectivity index (χ2n) is 6.97. The Labute approximate surface area is 147 Å². The number of hydrogen-bond acceptors (Lipinski definition) is 5. The van der Waals surface area contributed by atoms with Crippen LogP contribution in [-0.4, -0.2) is 37.1 Å². The molecule has 3 rings (SSSR count). The Balaban J connectivity index is 1.59. The van der Waals surface area contributed by atoms with Crippen LogP contribution in [0.5, 0.6) is 0 Å². The highest BCUT2D eigenvalue weighted by Crippen LogP contribution is 2.19. The molecule has 0 aromatic carbocycles. The van der Waals surface area contributed by atoms with E-state index in [1.54, 1.807) is 24.1 Å². The van der Waals surface area contributed by atoms with E-state index in [2.05, 4.69) is 14.9 Å². The summed E-state index contributed by atoms with van der Waals surface area (Å²) in [6.07, 6.45) is 6.89. The molecule has 25 heavy (non-hydrogen) atoms.